The molecule has 0 amide bonds. The molecule has 0 aliphatic rings. The fourth-order valence-electron chi connectivity index (χ4n) is 1.87. The Morgan fingerprint density at radius 3 is 2.62 bits per heavy atom. The molecule has 86 valence electrons. The van der Waals surface area contributed by atoms with Gasteiger partial charge >= 0.3 is 101 Å². The second-order valence-corrected chi connectivity index (χ2v) is 5.79. The molecule has 0 atom stereocenters. The molecule has 1 rings (SSSR count). The maximum absolute atomic E-state index is 4.11. The van der Waals surface area contributed by atoms with Crippen LogP contribution in [0.25, 0.3) is 0 Å². The van der Waals surface area contributed by atoms with E-state index < -0.39 is 0 Å². The molecule has 0 bridgehead atoms. The quantitative estimate of drug-likeness (QED) is 0.661. The molecule has 1 aromatic rings. The summed E-state index contributed by atoms with van der Waals surface area (Å²) in [4.78, 5) is 0. The Morgan fingerprint density at radius 2 is 2.06 bits per heavy atom. The van der Waals surface area contributed by atoms with E-state index in [0.29, 0.717) is 5.41 Å². The van der Waals surface area contributed by atoms with Crippen molar-refractivity contribution in [3.63, 3.8) is 0 Å². The molecule has 0 spiro atoms. The van der Waals surface area contributed by atoms with Crippen molar-refractivity contribution in [1.29, 1.82) is 0 Å². The predicted molar refractivity (Wildman–Crippen MR) is 74.1 cm³/mol. The van der Waals surface area contributed by atoms with Gasteiger partial charge in [-0.2, -0.15) is 0 Å². The summed E-state index contributed by atoms with van der Waals surface area (Å²) >= 11 is 0. The van der Waals surface area contributed by atoms with Crippen molar-refractivity contribution in [2.45, 2.75) is 47.0 Å². The van der Waals surface area contributed by atoms with Crippen molar-refractivity contribution in [2.24, 2.45) is 5.41 Å². The molecule has 16 heavy (non-hydrogen) atoms. The molecule has 0 saturated carbocycles. The van der Waals surface area contributed by atoms with Crippen LogP contribution < -0.4 is 0 Å². The summed E-state index contributed by atoms with van der Waals surface area (Å²) < 4.78 is 0. The molecule has 1 heteroatoms. The molecule has 0 unspecified atom stereocenters. The summed E-state index contributed by atoms with van der Waals surface area (Å²) in [6, 6.07) is 4.37. The van der Waals surface area contributed by atoms with Gasteiger partial charge < -0.3 is 0 Å². The zero-order valence-electron chi connectivity index (χ0n) is 11.1. The normalized spacial score (nSPS) is 11.2. The summed E-state index contributed by atoms with van der Waals surface area (Å²) in [6.45, 7) is 15.4. The summed E-state index contributed by atoms with van der Waals surface area (Å²) in [5, 5.41) is 0. The Balaban J connectivity index is 2.87. The van der Waals surface area contributed by atoms with E-state index in [0.717, 1.165) is 19.3 Å². The Morgan fingerprint density at radius 1 is 1.38 bits per heavy atom. The summed E-state index contributed by atoms with van der Waals surface area (Å²) in [5.41, 5.74) is 4.60. The van der Waals surface area contributed by atoms with E-state index in [-0.39, 0.29) is 0 Å². The minimum absolute atomic E-state index is 0.351. The van der Waals surface area contributed by atoms with E-state index in [9.17, 15) is 0 Å². The maximum atomic E-state index is 4.11. The molecule has 0 aliphatic heterocycles. The van der Waals surface area contributed by atoms with Crippen LogP contribution in [0.5, 0.6) is 0 Å². The number of hydrogen-bond acceptors (Lipinski definition) is 0. The Kier molecular flexibility index (Phi) is 4.52. The molecular weight excluding hydrogens is 191 g/mol. The second-order valence-electron chi connectivity index (χ2n) is 5.79. The van der Waals surface area contributed by atoms with Crippen molar-refractivity contribution in [2.75, 3.05) is 0 Å². The average molecular weight is 214 g/mol. The fourth-order valence-corrected chi connectivity index (χ4v) is 1.87. The third-order valence-corrected chi connectivity index (χ3v) is 2.78. The van der Waals surface area contributed by atoms with Gasteiger partial charge in [-0.05, 0) is 0 Å². The first-order valence-electron chi connectivity index (χ1n) is 6.16. The van der Waals surface area contributed by atoms with E-state index in [1.807, 2.05) is 0 Å². The molecule has 1 aromatic heterocycles. The van der Waals surface area contributed by atoms with Gasteiger partial charge in [-0.1, -0.05) is 0 Å². The first-order valence-corrected chi connectivity index (χ1v) is 6.16. The SMILES string of the molecule is C=C(CC)Cc1cccbc1CC(C)(C)C. The van der Waals surface area contributed by atoms with Crippen molar-refractivity contribution in [1.82, 2.24) is 0 Å². The van der Waals surface area contributed by atoms with Gasteiger partial charge in [-0.25, -0.2) is 0 Å². The third kappa shape index (κ3) is 4.34. The molecule has 0 N–H and O–H groups in total. The Hall–Kier alpha value is -0.845. The first-order chi connectivity index (χ1) is 7.42. The predicted octanol–water partition coefficient (Wildman–Crippen LogP) is 4.12. The van der Waals surface area contributed by atoms with Crippen molar-refractivity contribution >= 4 is 6.91 Å². The van der Waals surface area contributed by atoms with E-state index in [4.69, 9.17) is 0 Å². The topological polar surface area (TPSA) is 0 Å². The van der Waals surface area contributed by atoms with E-state index in [1.54, 1.807) is 0 Å². The van der Waals surface area contributed by atoms with E-state index in [2.05, 4.69) is 59.3 Å². The monoisotopic (exact) mass is 214 g/mol. The van der Waals surface area contributed by atoms with E-state index in [1.165, 1.54) is 16.6 Å². The van der Waals surface area contributed by atoms with Crippen LogP contribution in [0, 0.1) is 5.41 Å². The van der Waals surface area contributed by atoms with Gasteiger partial charge in [0.2, 0.25) is 0 Å². The second kappa shape index (κ2) is 5.47. The van der Waals surface area contributed by atoms with Gasteiger partial charge in [0.25, 0.3) is 0 Å². The molecule has 1 heterocycles. The summed E-state index contributed by atoms with van der Waals surface area (Å²) in [5.74, 6) is 2.14. The molecule has 0 saturated heterocycles. The fraction of sp³-hybridized carbons (Fsp3) is 0.533. The van der Waals surface area contributed by atoms with Crippen LogP contribution in [0.2, 0.25) is 0 Å². The van der Waals surface area contributed by atoms with Crippen molar-refractivity contribution in [3.8, 4) is 0 Å². The van der Waals surface area contributed by atoms with Gasteiger partial charge in [0.1, 0.15) is 0 Å². The average Bonchev–Trinajstić information content (AvgIpc) is 2.18. The van der Waals surface area contributed by atoms with Crippen molar-refractivity contribution < 1.29 is 0 Å². The van der Waals surface area contributed by atoms with Crippen LogP contribution in [0.3, 0.4) is 0 Å². The number of rotatable bonds is 4. The van der Waals surface area contributed by atoms with Gasteiger partial charge in [0.15, 0.2) is 0 Å². The van der Waals surface area contributed by atoms with Crippen molar-refractivity contribution in [3.05, 3.63) is 41.3 Å². The van der Waals surface area contributed by atoms with Crippen LogP contribution in [0.1, 0.15) is 45.1 Å². The van der Waals surface area contributed by atoms with Gasteiger partial charge in [0.05, 0.1) is 0 Å². The zero-order valence-corrected chi connectivity index (χ0v) is 11.1. The first kappa shape index (κ1) is 13.2. The Bertz CT molecular complexity index is 358. The summed E-state index contributed by atoms with van der Waals surface area (Å²) in [6.07, 6.45) is 3.24. The van der Waals surface area contributed by atoms with Crippen LogP contribution >= 0.6 is 0 Å². The molecule has 0 aliphatic carbocycles. The summed E-state index contributed by atoms with van der Waals surface area (Å²) in [7, 11) is 0. The molecule has 0 aromatic carbocycles. The molecular formula is C15H23B. The van der Waals surface area contributed by atoms with Crippen LogP contribution in [-0.2, 0) is 12.8 Å². The van der Waals surface area contributed by atoms with Crippen LogP contribution in [-0.4, -0.2) is 6.91 Å². The number of hydrogen-bond donors (Lipinski definition) is 0. The molecule has 0 radical (unpaired) electrons. The van der Waals surface area contributed by atoms with E-state index >= 15 is 0 Å². The minimum atomic E-state index is 0.351. The van der Waals surface area contributed by atoms with Crippen LogP contribution in [0.4, 0.5) is 0 Å². The molecule has 0 nitrogen and oxygen atoms in total. The zero-order chi connectivity index (χ0) is 12.2. The van der Waals surface area contributed by atoms with Crippen LogP contribution in [0.15, 0.2) is 30.2 Å². The van der Waals surface area contributed by atoms with Gasteiger partial charge in [0, 0.05) is 0 Å². The van der Waals surface area contributed by atoms with Gasteiger partial charge in [-0.15, -0.1) is 0 Å². The standard InChI is InChI=1S/C15H23B/c1-6-12(2)10-13-8-7-9-16-14(13)11-15(3,4)5/h7-9H,2,6,10-11H2,1,3-5H3. The number of allylic oxidation sites excluding steroid dienone is 1. The van der Waals surface area contributed by atoms with Gasteiger partial charge in [-0.3, -0.25) is 0 Å². The third-order valence-electron chi connectivity index (χ3n) is 2.78. The Labute approximate surface area is 101 Å². The molecule has 0 fully saturated rings.